The summed E-state index contributed by atoms with van der Waals surface area (Å²) in [6, 6.07) is 6.52. The van der Waals surface area contributed by atoms with Crippen molar-refractivity contribution in [2.75, 3.05) is 26.7 Å². The first-order valence-corrected chi connectivity index (χ1v) is 7.65. The molecule has 0 amide bonds. The number of alkyl halides is 2. The van der Waals surface area contributed by atoms with Gasteiger partial charge in [-0.3, -0.25) is 0 Å². The minimum absolute atomic E-state index is 0.0551. The molecule has 0 aliphatic rings. The number of nitrogens with zero attached hydrogens (tertiary/aromatic N) is 1. The summed E-state index contributed by atoms with van der Waals surface area (Å²) in [5, 5.41) is 1.25. The molecule has 0 bridgehead atoms. The predicted octanol–water partition coefficient (Wildman–Crippen LogP) is 4.00. The van der Waals surface area contributed by atoms with Crippen LogP contribution in [0.25, 0.3) is 10.9 Å². The average Bonchev–Trinajstić information content (AvgIpc) is 2.86. The van der Waals surface area contributed by atoms with Crippen LogP contribution in [0.15, 0.2) is 24.4 Å². The smallest absolute Gasteiger partial charge is 0.345 e. The quantitative estimate of drug-likeness (QED) is 0.798. The van der Waals surface area contributed by atoms with Gasteiger partial charge in [-0.05, 0) is 42.6 Å². The standard InChI is InChI=1S/C17H24F2N2O/c1-12(2)13-4-5-16-15(10-13)14(11-20-16)6-7-21(3)8-9-22-17(18)19/h4-5,10-12,17,20H,6-9H2,1-3H3. The van der Waals surface area contributed by atoms with E-state index in [4.69, 9.17) is 0 Å². The van der Waals surface area contributed by atoms with Gasteiger partial charge in [0.05, 0.1) is 6.61 Å². The molecule has 22 heavy (non-hydrogen) atoms. The number of ether oxygens (including phenoxy) is 1. The van der Waals surface area contributed by atoms with Crippen LogP contribution in [0.1, 0.15) is 30.9 Å². The lowest BCUT2D eigenvalue weighted by atomic mass is 10.00. The van der Waals surface area contributed by atoms with Crippen LogP contribution in [0.5, 0.6) is 0 Å². The molecule has 0 saturated carbocycles. The van der Waals surface area contributed by atoms with Crippen molar-refractivity contribution < 1.29 is 13.5 Å². The Kier molecular flexibility index (Phi) is 5.91. The van der Waals surface area contributed by atoms with E-state index in [0.717, 1.165) is 18.5 Å². The lowest BCUT2D eigenvalue weighted by molar-refractivity contribution is -0.131. The molecule has 2 rings (SSSR count). The molecule has 0 saturated heterocycles. The Labute approximate surface area is 130 Å². The van der Waals surface area contributed by atoms with Crippen LogP contribution < -0.4 is 0 Å². The maximum absolute atomic E-state index is 11.9. The predicted molar refractivity (Wildman–Crippen MR) is 85.5 cm³/mol. The van der Waals surface area contributed by atoms with Crippen molar-refractivity contribution in [2.24, 2.45) is 0 Å². The van der Waals surface area contributed by atoms with Gasteiger partial charge in [0.1, 0.15) is 0 Å². The van der Waals surface area contributed by atoms with Crippen LogP contribution in [0.3, 0.4) is 0 Å². The second-order valence-corrected chi connectivity index (χ2v) is 5.96. The number of aromatic nitrogens is 1. The van der Waals surface area contributed by atoms with Crippen molar-refractivity contribution in [3.8, 4) is 0 Å². The van der Waals surface area contributed by atoms with Gasteiger partial charge in [-0.25, -0.2) is 0 Å². The van der Waals surface area contributed by atoms with Gasteiger partial charge in [-0.15, -0.1) is 0 Å². The fourth-order valence-corrected chi connectivity index (χ4v) is 2.48. The summed E-state index contributed by atoms with van der Waals surface area (Å²) in [4.78, 5) is 5.30. The number of H-pyrrole nitrogens is 1. The molecular formula is C17H24F2N2O. The molecule has 1 N–H and O–H groups in total. The minimum Gasteiger partial charge on any atom is -0.361 e. The van der Waals surface area contributed by atoms with Gasteiger partial charge in [0.15, 0.2) is 0 Å². The highest BCUT2D eigenvalue weighted by molar-refractivity contribution is 5.84. The van der Waals surface area contributed by atoms with Crippen LogP contribution >= 0.6 is 0 Å². The first-order chi connectivity index (χ1) is 10.5. The second kappa shape index (κ2) is 7.70. The van der Waals surface area contributed by atoms with Crippen molar-refractivity contribution in [3.63, 3.8) is 0 Å². The lowest BCUT2D eigenvalue weighted by Crippen LogP contribution is -2.26. The Bertz CT molecular complexity index is 595. The monoisotopic (exact) mass is 310 g/mol. The molecule has 0 aliphatic carbocycles. The van der Waals surface area contributed by atoms with Crippen molar-refractivity contribution in [1.82, 2.24) is 9.88 Å². The van der Waals surface area contributed by atoms with Gasteiger partial charge < -0.3 is 14.6 Å². The molecule has 3 nitrogen and oxygen atoms in total. The highest BCUT2D eigenvalue weighted by atomic mass is 19.3. The summed E-state index contributed by atoms with van der Waals surface area (Å²) in [5.41, 5.74) is 3.73. The molecule has 1 heterocycles. The SMILES string of the molecule is CC(C)c1ccc2[nH]cc(CCN(C)CCOC(F)F)c2c1. The third-order valence-electron chi connectivity index (χ3n) is 3.94. The summed E-state index contributed by atoms with van der Waals surface area (Å²) in [6.45, 7) is 3.06. The Morgan fingerprint density at radius 1 is 1.23 bits per heavy atom. The zero-order chi connectivity index (χ0) is 16.1. The molecule has 5 heteroatoms. The summed E-state index contributed by atoms with van der Waals surface area (Å²) in [6.07, 6.45) is 2.92. The number of hydrogen-bond donors (Lipinski definition) is 1. The molecule has 0 atom stereocenters. The van der Waals surface area contributed by atoms with E-state index in [1.807, 2.05) is 18.1 Å². The normalized spacial score (nSPS) is 12.2. The minimum atomic E-state index is -2.68. The number of rotatable bonds is 8. The molecule has 0 radical (unpaired) electrons. The van der Waals surface area contributed by atoms with Gasteiger partial charge >= 0.3 is 6.61 Å². The van der Waals surface area contributed by atoms with Crippen molar-refractivity contribution in [3.05, 3.63) is 35.5 Å². The van der Waals surface area contributed by atoms with E-state index in [1.165, 1.54) is 16.5 Å². The fourth-order valence-electron chi connectivity index (χ4n) is 2.48. The Hall–Kier alpha value is -1.46. The summed E-state index contributed by atoms with van der Waals surface area (Å²) >= 11 is 0. The number of aromatic amines is 1. The van der Waals surface area contributed by atoms with Crippen LogP contribution in [-0.2, 0) is 11.2 Å². The van der Waals surface area contributed by atoms with Crippen LogP contribution in [-0.4, -0.2) is 43.2 Å². The highest BCUT2D eigenvalue weighted by Gasteiger charge is 2.08. The Balaban J connectivity index is 1.95. The highest BCUT2D eigenvalue weighted by Crippen LogP contribution is 2.24. The van der Waals surface area contributed by atoms with Crippen LogP contribution in [0.4, 0.5) is 8.78 Å². The van der Waals surface area contributed by atoms with E-state index in [1.54, 1.807) is 0 Å². The first-order valence-electron chi connectivity index (χ1n) is 7.65. The number of hydrogen-bond acceptors (Lipinski definition) is 2. The van der Waals surface area contributed by atoms with E-state index in [2.05, 4.69) is 41.8 Å². The van der Waals surface area contributed by atoms with Crippen molar-refractivity contribution >= 4 is 10.9 Å². The van der Waals surface area contributed by atoms with Crippen LogP contribution in [0.2, 0.25) is 0 Å². The van der Waals surface area contributed by atoms with Crippen LogP contribution in [0, 0.1) is 0 Å². The van der Waals surface area contributed by atoms with E-state index < -0.39 is 6.61 Å². The number of nitrogens with one attached hydrogen (secondary N) is 1. The molecule has 1 aromatic heterocycles. The number of fused-ring (bicyclic) bond motifs is 1. The molecule has 0 aliphatic heterocycles. The van der Waals surface area contributed by atoms with Gasteiger partial charge in [-0.1, -0.05) is 19.9 Å². The number of benzene rings is 1. The maximum Gasteiger partial charge on any atom is 0.345 e. The van der Waals surface area contributed by atoms with Gasteiger partial charge in [0.2, 0.25) is 0 Å². The molecule has 0 unspecified atom stereocenters. The molecule has 1 aromatic carbocycles. The van der Waals surface area contributed by atoms with Gasteiger partial charge in [0, 0.05) is 30.2 Å². The third-order valence-corrected chi connectivity index (χ3v) is 3.94. The third kappa shape index (κ3) is 4.52. The van der Waals surface area contributed by atoms with Crippen molar-refractivity contribution in [1.29, 1.82) is 0 Å². The van der Waals surface area contributed by atoms with Gasteiger partial charge in [-0.2, -0.15) is 8.78 Å². The first kappa shape index (κ1) is 16.9. The van der Waals surface area contributed by atoms with Crippen molar-refractivity contribution in [2.45, 2.75) is 32.8 Å². The molecule has 0 spiro atoms. The summed E-state index contributed by atoms with van der Waals surface area (Å²) in [5.74, 6) is 0.501. The zero-order valence-corrected chi connectivity index (χ0v) is 13.4. The van der Waals surface area contributed by atoms with E-state index in [-0.39, 0.29) is 6.61 Å². The number of likely N-dealkylation sites (N-methyl/N-ethyl adjacent to an activating group) is 1. The molecule has 122 valence electrons. The van der Waals surface area contributed by atoms with E-state index >= 15 is 0 Å². The summed E-state index contributed by atoms with van der Waals surface area (Å²) in [7, 11) is 1.92. The largest absolute Gasteiger partial charge is 0.361 e. The maximum atomic E-state index is 11.9. The van der Waals surface area contributed by atoms with E-state index in [9.17, 15) is 8.78 Å². The van der Waals surface area contributed by atoms with Gasteiger partial charge in [0.25, 0.3) is 0 Å². The molecule has 0 fully saturated rings. The topological polar surface area (TPSA) is 28.3 Å². The number of halogens is 2. The van der Waals surface area contributed by atoms with E-state index in [0.29, 0.717) is 12.5 Å². The Morgan fingerprint density at radius 2 is 2.00 bits per heavy atom. The Morgan fingerprint density at radius 3 is 2.68 bits per heavy atom. The second-order valence-electron chi connectivity index (χ2n) is 5.96. The molecular weight excluding hydrogens is 286 g/mol. The average molecular weight is 310 g/mol. The zero-order valence-electron chi connectivity index (χ0n) is 13.4. The molecule has 2 aromatic rings. The summed E-state index contributed by atoms with van der Waals surface area (Å²) < 4.78 is 28.1. The fraction of sp³-hybridized carbons (Fsp3) is 0.529. The lowest BCUT2D eigenvalue weighted by Gasteiger charge is -2.16.